The van der Waals surface area contributed by atoms with Gasteiger partial charge in [-0.1, -0.05) is 18.5 Å². The first-order valence-corrected chi connectivity index (χ1v) is 6.24. The Morgan fingerprint density at radius 1 is 1.47 bits per heavy atom. The van der Waals surface area contributed by atoms with E-state index in [-0.39, 0.29) is 11.9 Å². The Balaban J connectivity index is 2.82. The highest BCUT2D eigenvalue weighted by Crippen LogP contribution is 2.26. The molecule has 0 aliphatic rings. The first kappa shape index (κ1) is 14.4. The van der Waals surface area contributed by atoms with E-state index in [1.54, 1.807) is 13.2 Å². The number of nitrogens with one attached hydrogen (secondary N) is 1. The first-order valence-electron chi connectivity index (χ1n) is 5.86. The third-order valence-corrected chi connectivity index (χ3v) is 2.93. The second kappa shape index (κ2) is 7.64. The number of rotatable bonds is 7. The Morgan fingerprint density at radius 3 is 2.88 bits per heavy atom. The van der Waals surface area contributed by atoms with E-state index in [4.69, 9.17) is 16.3 Å². The fourth-order valence-electron chi connectivity index (χ4n) is 1.70. The Morgan fingerprint density at radius 2 is 2.24 bits per heavy atom. The Labute approximate surface area is 107 Å². The molecule has 0 saturated heterocycles. The second-order valence-corrected chi connectivity index (χ2v) is 4.36. The normalized spacial score (nSPS) is 12.7. The lowest BCUT2D eigenvalue weighted by atomic mass is 10.0. The van der Waals surface area contributed by atoms with E-state index < -0.39 is 0 Å². The molecule has 1 N–H and O–H groups in total. The topological polar surface area (TPSA) is 21.3 Å². The average molecular weight is 260 g/mol. The number of hydrogen-bond donors (Lipinski definition) is 1. The van der Waals surface area contributed by atoms with Gasteiger partial charge < -0.3 is 10.1 Å². The molecule has 0 fully saturated rings. The van der Waals surface area contributed by atoms with Crippen molar-refractivity contribution in [2.45, 2.75) is 25.8 Å². The molecule has 1 rings (SSSR count). The third-order valence-electron chi connectivity index (χ3n) is 2.58. The molecule has 0 heterocycles. The van der Waals surface area contributed by atoms with E-state index in [0.717, 1.165) is 24.9 Å². The molecule has 0 radical (unpaired) electrons. The molecule has 1 aromatic carbocycles. The van der Waals surface area contributed by atoms with Crippen molar-refractivity contribution >= 4 is 11.6 Å². The summed E-state index contributed by atoms with van der Waals surface area (Å²) in [6.45, 7) is 3.59. The molecule has 96 valence electrons. The van der Waals surface area contributed by atoms with Gasteiger partial charge in [-0.05, 0) is 43.1 Å². The lowest BCUT2D eigenvalue weighted by Gasteiger charge is -2.20. The molecule has 0 amide bonds. The van der Waals surface area contributed by atoms with Gasteiger partial charge in [0, 0.05) is 24.8 Å². The zero-order valence-corrected chi connectivity index (χ0v) is 11.1. The molecule has 17 heavy (non-hydrogen) atoms. The van der Waals surface area contributed by atoms with Crippen molar-refractivity contribution < 1.29 is 9.13 Å². The summed E-state index contributed by atoms with van der Waals surface area (Å²) in [5.41, 5.74) is 0.803. The van der Waals surface area contributed by atoms with Crippen molar-refractivity contribution in [3.05, 3.63) is 34.6 Å². The van der Waals surface area contributed by atoms with Gasteiger partial charge in [0.1, 0.15) is 5.82 Å². The third kappa shape index (κ3) is 4.62. The molecular formula is C13H19ClFNO. The Bertz CT molecular complexity index is 338. The van der Waals surface area contributed by atoms with Crippen LogP contribution < -0.4 is 5.32 Å². The van der Waals surface area contributed by atoms with E-state index >= 15 is 0 Å². The maximum absolute atomic E-state index is 13.2. The summed E-state index contributed by atoms with van der Waals surface area (Å²) in [4.78, 5) is 0. The van der Waals surface area contributed by atoms with Crippen molar-refractivity contribution in [2.75, 3.05) is 20.3 Å². The van der Waals surface area contributed by atoms with Crippen LogP contribution in [0.2, 0.25) is 5.02 Å². The molecule has 1 aromatic rings. The zero-order valence-electron chi connectivity index (χ0n) is 10.3. The number of ether oxygens (including phenoxy) is 1. The summed E-state index contributed by atoms with van der Waals surface area (Å²) >= 11 is 6.10. The predicted molar refractivity (Wildman–Crippen MR) is 68.9 cm³/mol. The summed E-state index contributed by atoms with van der Waals surface area (Å²) in [5.74, 6) is -0.259. The summed E-state index contributed by atoms with van der Waals surface area (Å²) in [5, 5.41) is 3.95. The smallest absolute Gasteiger partial charge is 0.123 e. The van der Waals surface area contributed by atoms with Crippen molar-refractivity contribution in [3.8, 4) is 0 Å². The SMILES string of the molecule is CCCNC(CCOC)c1cc(F)ccc1Cl. The number of benzene rings is 1. The van der Waals surface area contributed by atoms with E-state index in [9.17, 15) is 4.39 Å². The molecule has 0 bridgehead atoms. The van der Waals surface area contributed by atoms with Crippen LogP contribution in [-0.2, 0) is 4.74 Å². The summed E-state index contributed by atoms with van der Waals surface area (Å²) in [6.07, 6.45) is 1.80. The minimum atomic E-state index is -0.259. The summed E-state index contributed by atoms with van der Waals surface area (Å²) in [7, 11) is 1.66. The molecule has 0 aliphatic carbocycles. The monoisotopic (exact) mass is 259 g/mol. The fraction of sp³-hybridized carbons (Fsp3) is 0.538. The largest absolute Gasteiger partial charge is 0.385 e. The van der Waals surface area contributed by atoms with Crippen LogP contribution in [-0.4, -0.2) is 20.3 Å². The maximum atomic E-state index is 13.2. The lowest BCUT2D eigenvalue weighted by Crippen LogP contribution is -2.23. The molecule has 0 saturated carbocycles. The van der Waals surface area contributed by atoms with Gasteiger partial charge in [0.25, 0.3) is 0 Å². The molecule has 2 nitrogen and oxygen atoms in total. The molecular weight excluding hydrogens is 241 g/mol. The van der Waals surface area contributed by atoms with Gasteiger partial charge in [-0.2, -0.15) is 0 Å². The molecule has 0 aromatic heterocycles. The summed E-state index contributed by atoms with van der Waals surface area (Å²) < 4.78 is 18.3. The lowest BCUT2D eigenvalue weighted by molar-refractivity contribution is 0.183. The van der Waals surface area contributed by atoms with Gasteiger partial charge in [0.2, 0.25) is 0 Å². The number of hydrogen-bond acceptors (Lipinski definition) is 2. The highest BCUT2D eigenvalue weighted by atomic mass is 35.5. The Hall–Kier alpha value is -0.640. The van der Waals surface area contributed by atoms with Crippen LogP contribution in [0.4, 0.5) is 4.39 Å². The van der Waals surface area contributed by atoms with Gasteiger partial charge in [0.05, 0.1) is 0 Å². The van der Waals surface area contributed by atoms with Gasteiger partial charge in [-0.3, -0.25) is 0 Å². The van der Waals surface area contributed by atoms with Gasteiger partial charge in [-0.15, -0.1) is 0 Å². The highest BCUT2D eigenvalue weighted by Gasteiger charge is 2.14. The van der Waals surface area contributed by atoms with Crippen LogP contribution in [0.15, 0.2) is 18.2 Å². The van der Waals surface area contributed by atoms with Crippen molar-refractivity contribution in [3.63, 3.8) is 0 Å². The molecule has 0 aliphatic heterocycles. The van der Waals surface area contributed by atoms with Crippen molar-refractivity contribution in [2.24, 2.45) is 0 Å². The van der Waals surface area contributed by atoms with E-state index in [0.29, 0.717) is 11.6 Å². The second-order valence-electron chi connectivity index (χ2n) is 3.95. The molecule has 0 spiro atoms. The van der Waals surface area contributed by atoms with E-state index in [1.807, 2.05) is 0 Å². The minimum Gasteiger partial charge on any atom is -0.385 e. The van der Waals surface area contributed by atoms with Crippen LogP contribution in [0.25, 0.3) is 0 Å². The van der Waals surface area contributed by atoms with Gasteiger partial charge >= 0.3 is 0 Å². The minimum absolute atomic E-state index is 0.0399. The van der Waals surface area contributed by atoms with Gasteiger partial charge in [0.15, 0.2) is 0 Å². The van der Waals surface area contributed by atoms with Gasteiger partial charge in [-0.25, -0.2) is 4.39 Å². The van der Waals surface area contributed by atoms with Crippen LogP contribution in [0.5, 0.6) is 0 Å². The van der Waals surface area contributed by atoms with Crippen LogP contribution >= 0.6 is 11.6 Å². The Kier molecular flexibility index (Phi) is 6.48. The zero-order chi connectivity index (χ0) is 12.7. The van der Waals surface area contributed by atoms with Crippen molar-refractivity contribution in [1.82, 2.24) is 5.32 Å². The van der Waals surface area contributed by atoms with Crippen LogP contribution in [0, 0.1) is 5.82 Å². The van der Waals surface area contributed by atoms with E-state index in [2.05, 4.69) is 12.2 Å². The number of halogens is 2. The van der Waals surface area contributed by atoms with Crippen LogP contribution in [0.3, 0.4) is 0 Å². The summed E-state index contributed by atoms with van der Waals surface area (Å²) in [6, 6.07) is 4.50. The first-order chi connectivity index (χ1) is 8.19. The maximum Gasteiger partial charge on any atom is 0.123 e. The van der Waals surface area contributed by atoms with Crippen molar-refractivity contribution in [1.29, 1.82) is 0 Å². The predicted octanol–water partition coefficient (Wildman–Crippen LogP) is 3.56. The molecule has 4 heteroatoms. The highest BCUT2D eigenvalue weighted by molar-refractivity contribution is 6.31. The quantitative estimate of drug-likeness (QED) is 0.809. The molecule has 1 atom stereocenters. The number of methoxy groups -OCH3 is 1. The molecule has 1 unspecified atom stereocenters. The van der Waals surface area contributed by atoms with Crippen LogP contribution in [0.1, 0.15) is 31.4 Å². The fourth-order valence-corrected chi connectivity index (χ4v) is 1.95. The van der Waals surface area contributed by atoms with E-state index in [1.165, 1.54) is 12.1 Å². The average Bonchev–Trinajstić information content (AvgIpc) is 2.33. The standard InChI is InChI=1S/C13H19ClFNO/c1-3-7-16-13(6-8-17-2)11-9-10(15)4-5-12(11)14/h4-5,9,13,16H,3,6-8H2,1-2H3.